The first-order valence-corrected chi connectivity index (χ1v) is 7.35. The molecule has 0 aliphatic carbocycles. The fourth-order valence-electron chi connectivity index (χ4n) is 1.47. The predicted molar refractivity (Wildman–Crippen MR) is 77.1 cm³/mol. The zero-order valence-corrected chi connectivity index (χ0v) is 12.3. The second-order valence-electron chi connectivity index (χ2n) is 4.35. The zero-order valence-electron chi connectivity index (χ0n) is 10.7. The summed E-state index contributed by atoms with van der Waals surface area (Å²) in [7, 11) is 0. The zero-order chi connectivity index (χ0) is 13.2. The molecule has 0 saturated heterocycles. The summed E-state index contributed by atoms with van der Waals surface area (Å²) in [6.45, 7) is 2.99. The van der Waals surface area contributed by atoms with E-state index in [0.29, 0.717) is 12.5 Å². The van der Waals surface area contributed by atoms with Gasteiger partial charge < -0.3 is 10.1 Å². The Labute approximate surface area is 117 Å². The van der Waals surface area contributed by atoms with Gasteiger partial charge in [-0.15, -0.1) is 0 Å². The molecule has 18 heavy (non-hydrogen) atoms. The lowest BCUT2D eigenvalue weighted by Crippen LogP contribution is -2.29. The van der Waals surface area contributed by atoms with Crippen LogP contribution in [0.5, 0.6) is 5.75 Å². The van der Waals surface area contributed by atoms with Crippen LogP contribution < -0.4 is 10.1 Å². The van der Waals surface area contributed by atoms with Crippen molar-refractivity contribution in [2.45, 2.75) is 19.8 Å². The van der Waals surface area contributed by atoms with E-state index in [0.717, 1.165) is 23.9 Å². The Kier molecular flexibility index (Phi) is 7.49. The van der Waals surface area contributed by atoms with Crippen molar-refractivity contribution in [3.8, 4) is 5.75 Å². The molecule has 1 rings (SSSR count). The van der Waals surface area contributed by atoms with Crippen molar-refractivity contribution < 1.29 is 9.53 Å². The van der Waals surface area contributed by atoms with Crippen LogP contribution in [0.4, 0.5) is 0 Å². The average Bonchev–Trinajstić information content (AvgIpc) is 2.42. The van der Waals surface area contributed by atoms with Gasteiger partial charge >= 0.3 is 0 Å². The van der Waals surface area contributed by atoms with Gasteiger partial charge in [-0.05, 0) is 30.9 Å². The lowest BCUT2D eigenvalue weighted by atomic mass is 10.1. The van der Waals surface area contributed by atoms with Gasteiger partial charge in [0.15, 0.2) is 6.61 Å². The van der Waals surface area contributed by atoms with Crippen LogP contribution >= 0.6 is 15.9 Å². The Balaban J connectivity index is 2.07. The van der Waals surface area contributed by atoms with Crippen molar-refractivity contribution in [1.29, 1.82) is 0 Å². The number of hydrogen-bond donors (Lipinski definition) is 1. The van der Waals surface area contributed by atoms with E-state index in [1.807, 2.05) is 30.3 Å². The standard InChI is InChI=1S/C14H20BrNO2/c1-12(10-15)6-5-9-16-14(17)11-18-13-7-3-2-4-8-13/h2-4,7-8,12H,5-6,9-11H2,1H3,(H,16,17). The molecule has 0 aliphatic rings. The van der Waals surface area contributed by atoms with Gasteiger partial charge in [0.2, 0.25) is 0 Å². The molecular formula is C14H20BrNO2. The Hall–Kier alpha value is -1.03. The first-order chi connectivity index (χ1) is 8.72. The number of alkyl halides is 1. The SMILES string of the molecule is CC(CBr)CCCNC(=O)COc1ccccc1. The molecule has 1 aromatic rings. The van der Waals surface area contributed by atoms with E-state index in [1.165, 1.54) is 0 Å². The van der Waals surface area contributed by atoms with Crippen LogP contribution in [-0.2, 0) is 4.79 Å². The van der Waals surface area contributed by atoms with E-state index in [1.54, 1.807) is 0 Å². The third-order valence-corrected chi connectivity index (χ3v) is 3.68. The van der Waals surface area contributed by atoms with E-state index in [4.69, 9.17) is 4.74 Å². The highest BCUT2D eigenvalue weighted by molar-refractivity contribution is 9.09. The maximum Gasteiger partial charge on any atom is 0.257 e. The molecule has 4 heteroatoms. The number of para-hydroxylation sites is 1. The highest BCUT2D eigenvalue weighted by Gasteiger charge is 2.03. The summed E-state index contributed by atoms with van der Waals surface area (Å²) in [4.78, 5) is 11.5. The molecule has 1 unspecified atom stereocenters. The molecular weight excluding hydrogens is 294 g/mol. The number of hydrogen-bond acceptors (Lipinski definition) is 2. The molecule has 3 nitrogen and oxygen atoms in total. The van der Waals surface area contributed by atoms with E-state index in [9.17, 15) is 4.79 Å². The second kappa shape index (κ2) is 8.97. The van der Waals surface area contributed by atoms with Crippen LogP contribution in [0.3, 0.4) is 0 Å². The summed E-state index contributed by atoms with van der Waals surface area (Å²) in [5.41, 5.74) is 0. The smallest absolute Gasteiger partial charge is 0.257 e. The van der Waals surface area contributed by atoms with Gasteiger partial charge in [-0.25, -0.2) is 0 Å². The minimum atomic E-state index is -0.0645. The lowest BCUT2D eigenvalue weighted by Gasteiger charge is -2.09. The quantitative estimate of drug-likeness (QED) is 0.592. The molecule has 1 atom stereocenters. The monoisotopic (exact) mass is 313 g/mol. The number of halogens is 1. The summed E-state index contributed by atoms with van der Waals surface area (Å²) >= 11 is 3.44. The molecule has 0 saturated carbocycles. The number of ether oxygens (including phenoxy) is 1. The summed E-state index contributed by atoms with van der Waals surface area (Å²) in [5, 5.41) is 3.87. The van der Waals surface area contributed by atoms with Crippen LogP contribution in [0.2, 0.25) is 0 Å². The van der Waals surface area contributed by atoms with E-state index < -0.39 is 0 Å². The van der Waals surface area contributed by atoms with Gasteiger partial charge in [0.25, 0.3) is 5.91 Å². The predicted octanol–water partition coefficient (Wildman–Crippen LogP) is 2.99. The lowest BCUT2D eigenvalue weighted by molar-refractivity contribution is -0.123. The molecule has 0 fully saturated rings. The first kappa shape index (κ1) is 15.0. The van der Waals surface area contributed by atoms with Crippen molar-refractivity contribution in [3.05, 3.63) is 30.3 Å². The molecule has 1 amide bonds. The van der Waals surface area contributed by atoms with Crippen molar-refractivity contribution >= 4 is 21.8 Å². The number of amides is 1. The van der Waals surface area contributed by atoms with Gasteiger partial charge in [0.05, 0.1) is 0 Å². The Morgan fingerprint density at radius 3 is 2.78 bits per heavy atom. The Morgan fingerprint density at radius 1 is 1.39 bits per heavy atom. The van der Waals surface area contributed by atoms with Crippen molar-refractivity contribution in [2.24, 2.45) is 5.92 Å². The molecule has 0 spiro atoms. The number of carbonyl (C=O) groups excluding carboxylic acids is 1. The maximum absolute atomic E-state index is 11.5. The summed E-state index contributed by atoms with van der Waals surface area (Å²) in [6.07, 6.45) is 2.12. The number of rotatable bonds is 8. The van der Waals surface area contributed by atoms with Gasteiger partial charge in [-0.2, -0.15) is 0 Å². The molecule has 0 aliphatic heterocycles. The van der Waals surface area contributed by atoms with Crippen LogP contribution in [0.25, 0.3) is 0 Å². The van der Waals surface area contributed by atoms with Crippen LogP contribution in [0, 0.1) is 5.92 Å². The fourth-order valence-corrected chi connectivity index (χ4v) is 1.80. The van der Waals surface area contributed by atoms with Crippen molar-refractivity contribution in [3.63, 3.8) is 0 Å². The summed E-state index contributed by atoms with van der Waals surface area (Å²) in [5.74, 6) is 1.31. The largest absolute Gasteiger partial charge is 0.484 e. The average molecular weight is 314 g/mol. The highest BCUT2D eigenvalue weighted by Crippen LogP contribution is 2.08. The third-order valence-electron chi connectivity index (χ3n) is 2.57. The number of benzene rings is 1. The Morgan fingerprint density at radius 2 is 2.11 bits per heavy atom. The van der Waals surface area contributed by atoms with Crippen LogP contribution in [-0.4, -0.2) is 24.4 Å². The second-order valence-corrected chi connectivity index (χ2v) is 5.00. The van der Waals surface area contributed by atoms with Crippen LogP contribution in [0.1, 0.15) is 19.8 Å². The minimum Gasteiger partial charge on any atom is -0.484 e. The molecule has 1 aromatic carbocycles. The van der Waals surface area contributed by atoms with Crippen LogP contribution in [0.15, 0.2) is 30.3 Å². The van der Waals surface area contributed by atoms with Crippen molar-refractivity contribution in [2.75, 3.05) is 18.5 Å². The molecule has 1 N–H and O–H groups in total. The summed E-state index contributed by atoms with van der Waals surface area (Å²) < 4.78 is 5.35. The maximum atomic E-state index is 11.5. The first-order valence-electron chi connectivity index (χ1n) is 6.23. The molecule has 100 valence electrons. The van der Waals surface area contributed by atoms with E-state index in [-0.39, 0.29) is 12.5 Å². The molecule has 0 radical (unpaired) electrons. The minimum absolute atomic E-state index is 0.0645. The topological polar surface area (TPSA) is 38.3 Å². The van der Waals surface area contributed by atoms with Gasteiger partial charge in [-0.1, -0.05) is 41.1 Å². The number of nitrogens with one attached hydrogen (secondary N) is 1. The van der Waals surface area contributed by atoms with Gasteiger partial charge in [-0.3, -0.25) is 4.79 Å². The fraction of sp³-hybridized carbons (Fsp3) is 0.500. The highest BCUT2D eigenvalue weighted by atomic mass is 79.9. The molecule has 0 bridgehead atoms. The van der Waals surface area contributed by atoms with Crippen molar-refractivity contribution in [1.82, 2.24) is 5.32 Å². The molecule has 0 heterocycles. The van der Waals surface area contributed by atoms with E-state index in [2.05, 4.69) is 28.2 Å². The third kappa shape index (κ3) is 6.64. The Bertz CT molecular complexity index is 343. The normalized spacial score (nSPS) is 11.9. The molecule has 0 aromatic heterocycles. The van der Waals surface area contributed by atoms with E-state index >= 15 is 0 Å². The van der Waals surface area contributed by atoms with Gasteiger partial charge in [0.1, 0.15) is 5.75 Å². The summed E-state index contributed by atoms with van der Waals surface area (Å²) in [6, 6.07) is 9.36. The van der Waals surface area contributed by atoms with Gasteiger partial charge in [0, 0.05) is 11.9 Å². The number of carbonyl (C=O) groups is 1.